The number of carbonyl (C=O) groups is 1. The largest absolute Gasteiger partial charge is 0.355 e. The van der Waals surface area contributed by atoms with Crippen molar-refractivity contribution in [1.29, 1.82) is 0 Å². The van der Waals surface area contributed by atoms with Crippen LogP contribution in [0.2, 0.25) is 0 Å². The van der Waals surface area contributed by atoms with Crippen molar-refractivity contribution < 1.29 is 13.2 Å². The molecular weight excluding hydrogens is 310 g/mol. The SMILES string of the molecule is CNCCCNC(=O)C1CCCN1S(=O)(=O)c1cccs1. The van der Waals surface area contributed by atoms with Gasteiger partial charge in [0, 0.05) is 13.1 Å². The van der Waals surface area contributed by atoms with Gasteiger partial charge in [-0.15, -0.1) is 11.3 Å². The Bertz CT molecular complexity index is 557. The van der Waals surface area contributed by atoms with Crippen molar-refractivity contribution in [3.8, 4) is 0 Å². The Morgan fingerprint density at radius 3 is 2.95 bits per heavy atom. The van der Waals surface area contributed by atoms with Crippen molar-refractivity contribution in [2.75, 3.05) is 26.7 Å². The normalized spacial score (nSPS) is 19.8. The molecule has 0 spiro atoms. The van der Waals surface area contributed by atoms with Gasteiger partial charge in [0.1, 0.15) is 10.3 Å². The van der Waals surface area contributed by atoms with Gasteiger partial charge in [0.2, 0.25) is 5.91 Å². The van der Waals surface area contributed by atoms with Crippen molar-refractivity contribution in [1.82, 2.24) is 14.9 Å². The second kappa shape index (κ2) is 7.35. The Morgan fingerprint density at radius 1 is 1.48 bits per heavy atom. The Labute approximate surface area is 129 Å². The van der Waals surface area contributed by atoms with Crippen LogP contribution < -0.4 is 10.6 Å². The van der Waals surface area contributed by atoms with Gasteiger partial charge in [0.25, 0.3) is 10.0 Å². The van der Waals surface area contributed by atoms with E-state index in [1.165, 1.54) is 15.6 Å². The summed E-state index contributed by atoms with van der Waals surface area (Å²) in [5, 5.41) is 7.56. The van der Waals surface area contributed by atoms with E-state index in [-0.39, 0.29) is 5.91 Å². The number of carbonyl (C=O) groups excluding carboxylic acids is 1. The fourth-order valence-corrected chi connectivity index (χ4v) is 5.19. The summed E-state index contributed by atoms with van der Waals surface area (Å²) in [6.07, 6.45) is 2.13. The van der Waals surface area contributed by atoms with Crippen LogP contribution in [0.15, 0.2) is 21.7 Å². The molecule has 118 valence electrons. The zero-order valence-electron chi connectivity index (χ0n) is 12.0. The second-order valence-electron chi connectivity index (χ2n) is 4.95. The first kappa shape index (κ1) is 16.4. The Morgan fingerprint density at radius 2 is 2.29 bits per heavy atom. The molecule has 1 atom stereocenters. The summed E-state index contributed by atoms with van der Waals surface area (Å²) < 4.78 is 26.7. The number of thiophene rings is 1. The molecule has 1 saturated heterocycles. The molecule has 2 rings (SSSR count). The molecule has 1 aromatic heterocycles. The molecule has 2 heterocycles. The lowest BCUT2D eigenvalue weighted by atomic mass is 10.2. The van der Waals surface area contributed by atoms with Gasteiger partial charge in [0.15, 0.2) is 0 Å². The third-order valence-electron chi connectivity index (χ3n) is 3.47. The van der Waals surface area contributed by atoms with Crippen LogP contribution in [0.1, 0.15) is 19.3 Å². The van der Waals surface area contributed by atoms with Crippen molar-refractivity contribution >= 4 is 27.3 Å². The van der Waals surface area contributed by atoms with Crippen molar-refractivity contribution in [3.63, 3.8) is 0 Å². The predicted octanol–water partition coefficient (Wildman–Crippen LogP) is 0.627. The number of rotatable bonds is 7. The van der Waals surface area contributed by atoms with Crippen LogP contribution in [-0.4, -0.2) is 51.4 Å². The molecule has 1 amide bonds. The molecule has 8 heteroatoms. The number of sulfonamides is 1. The van der Waals surface area contributed by atoms with Gasteiger partial charge < -0.3 is 10.6 Å². The summed E-state index contributed by atoms with van der Waals surface area (Å²) in [6.45, 7) is 1.79. The predicted molar refractivity (Wildman–Crippen MR) is 82.8 cm³/mol. The molecule has 21 heavy (non-hydrogen) atoms. The highest BCUT2D eigenvalue weighted by molar-refractivity contribution is 7.91. The molecule has 6 nitrogen and oxygen atoms in total. The zero-order chi connectivity index (χ0) is 15.3. The van der Waals surface area contributed by atoms with E-state index in [1.807, 2.05) is 7.05 Å². The van der Waals surface area contributed by atoms with E-state index in [9.17, 15) is 13.2 Å². The quantitative estimate of drug-likeness (QED) is 0.718. The third-order valence-corrected chi connectivity index (χ3v) is 6.75. The first-order valence-electron chi connectivity index (χ1n) is 7.05. The molecule has 0 aromatic carbocycles. The van der Waals surface area contributed by atoms with E-state index in [1.54, 1.807) is 17.5 Å². The summed E-state index contributed by atoms with van der Waals surface area (Å²) in [7, 11) is -1.69. The monoisotopic (exact) mass is 331 g/mol. The molecular formula is C13H21N3O3S2. The third kappa shape index (κ3) is 3.82. The van der Waals surface area contributed by atoms with Crippen LogP contribution in [0.5, 0.6) is 0 Å². The summed E-state index contributed by atoms with van der Waals surface area (Å²) in [6, 6.07) is 2.72. The molecule has 1 aliphatic rings. The minimum atomic E-state index is -3.55. The summed E-state index contributed by atoms with van der Waals surface area (Å²) in [5.74, 6) is -0.191. The van der Waals surface area contributed by atoms with E-state index >= 15 is 0 Å². The van der Waals surface area contributed by atoms with Crippen LogP contribution in [0.3, 0.4) is 0 Å². The van der Waals surface area contributed by atoms with Gasteiger partial charge >= 0.3 is 0 Å². The Kier molecular flexibility index (Phi) is 5.74. The molecule has 2 N–H and O–H groups in total. The van der Waals surface area contributed by atoms with Crippen molar-refractivity contribution in [2.24, 2.45) is 0 Å². The first-order valence-corrected chi connectivity index (χ1v) is 9.37. The standard InChI is InChI=1S/C13H21N3O3S2/c1-14-7-4-8-15-13(17)11-5-2-9-16(11)21(18,19)12-6-3-10-20-12/h3,6,10-11,14H,2,4-5,7-9H2,1H3,(H,15,17). The van der Waals surface area contributed by atoms with E-state index in [0.717, 1.165) is 19.4 Å². The Hall–Kier alpha value is -0.960. The van der Waals surface area contributed by atoms with Gasteiger partial charge in [-0.05, 0) is 44.3 Å². The number of nitrogens with one attached hydrogen (secondary N) is 2. The topological polar surface area (TPSA) is 78.5 Å². The van der Waals surface area contributed by atoms with Crippen LogP contribution in [0.4, 0.5) is 0 Å². The summed E-state index contributed by atoms with van der Waals surface area (Å²) >= 11 is 1.19. The zero-order valence-corrected chi connectivity index (χ0v) is 13.7. The van der Waals surface area contributed by atoms with Crippen LogP contribution in [0.25, 0.3) is 0 Å². The fourth-order valence-electron chi connectivity index (χ4n) is 2.41. The van der Waals surface area contributed by atoms with Gasteiger partial charge in [-0.2, -0.15) is 4.31 Å². The molecule has 1 unspecified atom stereocenters. The molecule has 0 aliphatic carbocycles. The van der Waals surface area contributed by atoms with E-state index in [2.05, 4.69) is 10.6 Å². The molecule has 1 aliphatic heterocycles. The number of nitrogens with zero attached hydrogens (tertiary/aromatic N) is 1. The fraction of sp³-hybridized carbons (Fsp3) is 0.615. The highest BCUT2D eigenvalue weighted by atomic mass is 32.2. The summed E-state index contributed by atoms with van der Waals surface area (Å²) in [4.78, 5) is 12.2. The van der Waals surface area contributed by atoms with Crippen molar-refractivity contribution in [2.45, 2.75) is 29.5 Å². The number of hydrogen-bond acceptors (Lipinski definition) is 5. The average molecular weight is 331 g/mol. The van der Waals surface area contributed by atoms with Gasteiger partial charge in [0.05, 0.1) is 0 Å². The van der Waals surface area contributed by atoms with E-state index in [0.29, 0.717) is 23.7 Å². The Balaban J connectivity index is 2.02. The van der Waals surface area contributed by atoms with Crippen LogP contribution in [-0.2, 0) is 14.8 Å². The molecule has 1 aromatic rings. The maximum atomic E-state index is 12.5. The highest BCUT2D eigenvalue weighted by Crippen LogP contribution is 2.28. The van der Waals surface area contributed by atoms with Gasteiger partial charge in [-0.1, -0.05) is 6.07 Å². The van der Waals surface area contributed by atoms with Crippen molar-refractivity contribution in [3.05, 3.63) is 17.5 Å². The number of hydrogen-bond donors (Lipinski definition) is 2. The maximum Gasteiger partial charge on any atom is 0.253 e. The lowest BCUT2D eigenvalue weighted by Crippen LogP contribution is -2.46. The maximum absolute atomic E-state index is 12.5. The minimum absolute atomic E-state index is 0.191. The summed E-state index contributed by atoms with van der Waals surface area (Å²) in [5.41, 5.74) is 0. The van der Waals surface area contributed by atoms with Crippen LogP contribution >= 0.6 is 11.3 Å². The van der Waals surface area contributed by atoms with Gasteiger partial charge in [-0.25, -0.2) is 8.42 Å². The smallest absolute Gasteiger partial charge is 0.253 e. The molecule has 0 saturated carbocycles. The number of amides is 1. The highest BCUT2D eigenvalue weighted by Gasteiger charge is 2.39. The lowest BCUT2D eigenvalue weighted by molar-refractivity contribution is -0.124. The van der Waals surface area contributed by atoms with Crippen LogP contribution in [0, 0.1) is 0 Å². The first-order chi connectivity index (χ1) is 10.1. The van der Waals surface area contributed by atoms with E-state index in [4.69, 9.17) is 0 Å². The molecule has 0 bridgehead atoms. The average Bonchev–Trinajstić information content (AvgIpc) is 3.13. The second-order valence-corrected chi connectivity index (χ2v) is 8.02. The van der Waals surface area contributed by atoms with Gasteiger partial charge in [-0.3, -0.25) is 4.79 Å². The van der Waals surface area contributed by atoms with E-state index < -0.39 is 16.1 Å². The minimum Gasteiger partial charge on any atom is -0.355 e. The molecule has 0 radical (unpaired) electrons. The molecule has 1 fully saturated rings. The lowest BCUT2D eigenvalue weighted by Gasteiger charge is -2.22.